The summed E-state index contributed by atoms with van der Waals surface area (Å²) in [5, 5.41) is 16.1. The molecule has 0 saturated carbocycles. The van der Waals surface area contributed by atoms with E-state index in [1.165, 1.54) is 0 Å². The second-order valence-corrected chi connectivity index (χ2v) is 3.24. The topological polar surface area (TPSA) is 83.6 Å². The van der Waals surface area contributed by atoms with Crippen LogP contribution in [-0.4, -0.2) is 33.5 Å². The van der Waals surface area contributed by atoms with Crippen LogP contribution in [0.4, 0.5) is 5.69 Å². The highest BCUT2D eigenvalue weighted by Gasteiger charge is 2.12. The fourth-order valence-electron chi connectivity index (χ4n) is 1.45. The molecule has 0 aliphatic carbocycles. The van der Waals surface area contributed by atoms with Gasteiger partial charge in [-0.2, -0.15) is 0 Å². The van der Waals surface area contributed by atoms with Gasteiger partial charge in [-0.25, -0.2) is 5.10 Å². The van der Waals surface area contributed by atoms with Crippen LogP contribution in [0.5, 0.6) is 0 Å². The third-order valence-electron chi connectivity index (χ3n) is 2.21. The molecule has 2 rings (SSSR count). The molecule has 0 radical (unpaired) electrons. The SMILES string of the molecule is CNc1ccccc1C(=O)Cc1nnn[nH]1. The zero-order chi connectivity index (χ0) is 11.4. The summed E-state index contributed by atoms with van der Waals surface area (Å²) in [6, 6.07) is 7.33. The number of aromatic amines is 1. The van der Waals surface area contributed by atoms with Gasteiger partial charge >= 0.3 is 0 Å². The molecular formula is C10H11N5O. The fourth-order valence-corrected chi connectivity index (χ4v) is 1.45. The van der Waals surface area contributed by atoms with Crippen molar-refractivity contribution in [2.75, 3.05) is 12.4 Å². The standard InChI is InChI=1S/C10H11N5O/c1-11-8-5-3-2-4-7(8)9(16)6-10-12-14-15-13-10/h2-5,11H,6H2,1H3,(H,12,13,14,15). The molecule has 0 fully saturated rings. The Labute approximate surface area is 92.1 Å². The van der Waals surface area contributed by atoms with E-state index in [1.807, 2.05) is 18.2 Å². The number of nitrogens with one attached hydrogen (secondary N) is 2. The van der Waals surface area contributed by atoms with Crippen LogP contribution in [0.25, 0.3) is 0 Å². The number of H-pyrrole nitrogens is 1. The zero-order valence-electron chi connectivity index (χ0n) is 8.77. The molecular weight excluding hydrogens is 206 g/mol. The first kappa shape index (κ1) is 10.3. The Hall–Kier alpha value is -2.24. The summed E-state index contributed by atoms with van der Waals surface area (Å²) in [4.78, 5) is 11.9. The van der Waals surface area contributed by atoms with Crippen LogP contribution in [0.2, 0.25) is 0 Å². The van der Waals surface area contributed by atoms with E-state index in [9.17, 15) is 4.79 Å². The molecule has 2 aromatic rings. The number of Topliss-reactive ketones (excluding diaryl/α,β-unsaturated/α-hetero) is 1. The molecule has 16 heavy (non-hydrogen) atoms. The third-order valence-corrected chi connectivity index (χ3v) is 2.21. The van der Waals surface area contributed by atoms with Crippen molar-refractivity contribution in [1.82, 2.24) is 20.6 Å². The van der Waals surface area contributed by atoms with E-state index < -0.39 is 0 Å². The molecule has 2 N–H and O–H groups in total. The van der Waals surface area contributed by atoms with Crippen LogP contribution in [0.15, 0.2) is 24.3 Å². The van der Waals surface area contributed by atoms with Crippen molar-refractivity contribution < 1.29 is 4.79 Å². The summed E-state index contributed by atoms with van der Waals surface area (Å²) in [7, 11) is 1.78. The Kier molecular flexibility index (Phi) is 2.90. The number of tetrazole rings is 1. The maximum absolute atomic E-state index is 11.9. The number of anilines is 1. The zero-order valence-corrected chi connectivity index (χ0v) is 8.77. The van der Waals surface area contributed by atoms with E-state index in [4.69, 9.17) is 0 Å². The second-order valence-electron chi connectivity index (χ2n) is 3.24. The van der Waals surface area contributed by atoms with Crippen LogP contribution in [0.1, 0.15) is 16.2 Å². The van der Waals surface area contributed by atoms with Gasteiger partial charge in [0.2, 0.25) is 0 Å². The minimum absolute atomic E-state index is 0.0245. The Bertz CT molecular complexity index is 480. The lowest BCUT2D eigenvalue weighted by molar-refractivity contribution is 0.0991. The monoisotopic (exact) mass is 217 g/mol. The minimum Gasteiger partial charge on any atom is -0.388 e. The van der Waals surface area contributed by atoms with Gasteiger partial charge in [-0.15, -0.1) is 5.10 Å². The molecule has 0 aliphatic rings. The smallest absolute Gasteiger partial charge is 0.172 e. The number of ketones is 1. The summed E-state index contributed by atoms with van der Waals surface area (Å²) < 4.78 is 0. The van der Waals surface area contributed by atoms with Crippen molar-refractivity contribution in [2.24, 2.45) is 0 Å². The van der Waals surface area contributed by atoms with Crippen LogP contribution in [-0.2, 0) is 6.42 Å². The van der Waals surface area contributed by atoms with E-state index in [0.717, 1.165) is 5.69 Å². The Balaban J connectivity index is 2.21. The number of aromatic nitrogens is 4. The van der Waals surface area contributed by atoms with E-state index in [0.29, 0.717) is 11.4 Å². The molecule has 82 valence electrons. The van der Waals surface area contributed by atoms with Crippen molar-refractivity contribution >= 4 is 11.5 Å². The van der Waals surface area contributed by atoms with Crippen molar-refractivity contribution in [3.63, 3.8) is 0 Å². The van der Waals surface area contributed by atoms with Gasteiger partial charge in [0, 0.05) is 18.3 Å². The first-order chi connectivity index (χ1) is 7.81. The molecule has 0 bridgehead atoms. The predicted octanol–water partition coefficient (Wildman–Crippen LogP) is 0.667. The summed E-state index contributed by atoms with van der Waals surface area (Å²) in [6.07, 6.45) is 0.172. The summed E-state index contributed by atoms with van der Waals surface area (Å²) in [5.41, 5.74) is 1.45. The van der Waals surface area contributed by atoms with Gasteiger partial charge in [0.05, 0.1) is 6.42 Å². The van der Waals surface area contributed by atoms with E-state index >= 15 is 0 Å². The number of carbonyl (C=O) groups excluding carboxylic acids is 1. The quantitative estimate of drug-likeness (QED) is 0.735. The number of para-hydroxylation sites is 1. The van der Waals surface area contributed by atoms with Crippen molar-refractivity contribution in [1.29, 1.82) is 0 Å². The molecule has 0 spiro atoms. The average Bonchev–Trinajstić information content (AvgIpc) is 2.81. The maximum atomic E-state index is 11.9. The lowest BCUT2D eigenvalue weighted by Gasteiger charge is -2.06. The molecule has 1 aromatic carbocycles. The van der Waals surface area contributed by atoms with Gasteiger partial charge in [-0.1, -0.05) is 12.1 Å². The van der Waals surface area contributed by atoms with Gasteiger partial charge in [0.15, 0.2) is 11.6 Å². The van der Waals surface area contributed by atoms with Crippen molar-refractivity contribution in [2.45, 2.75) is 6.42 Å². The van der Waals surface area contributed by atoms with Gasteiger partial charge in [0.1, 0.15) is 0 Å². The van der Waals surface area contributed by atoms with E-state index in [-0.39, 0.29) is 12.2 Å². The van der Waals surface area contributed by atoms with Crippen molar-refractivity contribution in [3.05, 3.63) is 35.7 Å². The van der Waals surface area contributed by atoms with E-state index in [2.05, 4.69) is 25.9 Å². The Morgan fingerprint density at radius 2 is 2.25 bits per heavy atom. The van der Waals surface area contributed by atoms with Crippen molar-refractivity contribution in [3.8, 4) is 0 Å². The molecule has 1 aromatic heterocycles. The lowest BCUT2D eigenvalue weighted by atomic mass is 10.1. The number of carbonyl (C=O) groups is 1. The number of hydrogen-bond acceptors (Lipinski definition) is 5. The highest BCUT2D eigenvalue weighted by molar-refractivity contribution is 6.01. The number of benzene rings is 1. The van der Waals surface area contributed by atoms with E-state index in [1.54, 1.807) is 13.1 Å². The summed E-state index contributed by atoms with van der Waals surface area (Å²) >= 11 is 0. The number of rotatable bonds is 4. The van der Waals surface area contributed by atoms with Gasteiger partial charge in [0.25, 0.3) is 0 Å². The molecule has 1 heterocycles. The molecule has 6 heteroatoms. The van der Waals surface area contributed by atoms with Gasteiger partial charge in [-0.3, -0.25) is 4.79 Å². The van der Waals surface area contributed by atoms with Gasteiger partial charge < -0.3 is 5.32 Å². The Morgan fingerprint density at radius 3 is 2.94 bits per heavy atom. The molecule has 0 amide bonds. The lowest BCUT2D eigenvalue weighted by Crippen LogP contribution is -2.08. The Morgan fingerprint density at radius 1 is 1.44 bits per heavy atom. The second kappa shape index (κ2) is 4.52. The third kappa shape index (κ3) is 2.05. The first-order valence-electron chi connectivity index (χ1n) is 4.84. The molecule has 0 aliphatic heterocycles. The minimum atomic E-state index is -0.0245. The molecule has 0 atom stereocenters. The fraction of sp³-hybridized carbons (Fsp3) is 0.200. The normalized spacial score (nSPS) is 10.1. The van der Waals surface area contributed by atoms with Crippen LogP contribution in [0, 0.1) is 0 Å². The molecule has 6 nitrogen and oxygen atoms in total. The first-order valence-corrected chi connectivity index (χ1v) is 4.84. The molecule has 0 unspecified atom stereocenters. The van der Waals surface area contributed by atoms with Crippen LogP contribution in [0.3, 0.4) is 0 Å². The van der Waals surface area contributed by atoms with Crippen LogP contribution < -0.4 is 5.32 Å². The highest BCUT2D eigenvalue weighted by atomic mass is 16.1. The molecule has 0 saturated heterocycles. The van der Waals surface area contributed by atoms with Gasteiger partial charge in [-0.05, 0) is 22.6 Å². The van der Waals surface area contributed by atoms with Crippen LogP contribution >= 0.6 is 0 Å². The summed E-state index contributed by atoms with van der Waals surface area (Å²) in [6.45, 7) is 0. The number of hydrogen-bond donors (Lipinski definition) is 2. The highest BCUT2D eigenvalue weighted by Crippen LogP contribution is 2.15. The maximum Gasteiger partial charge on any atom is 0.172 e. The largest absolute Gasteiger partial charge is 0.388 e. The number of nitrogens with zero attached hydrogens (tertiary/aromatic N) is 3. The predicted molar refractivity (Wildman–Crippen MR) is 58.2 cm³/mol. The summed E-state index contributed by atoms with van der Waals surface area (Å²) in [5.74, 6) is 0.444. The average molecular weight is 217 g/mol.